The summed E-state index contributed by atoms with van der Waals surface area (Å²) in [6.45, 7) is 1.47. The van der Waals surface area contributed by atoms with Crippen molar-refractivity contribution in [3.63, 3.8) is 0 Å². The number of nitrogens with zero attached hydrogens (tertiary/aromatic N) is 2. The van der Waals surface area contributed by atoms with Crippen molar-refractivity contribution in [3.05, 3.63) is 53.3 Å². The first-order valence-corrected chi connectivity index (χ1v) is 9.87. The maximum absolute atomic E-state index is 13.4. The Balaban J connectivity index is 1.74. The number of hydrogen-bond donors (Lipinski definition) is 4. The lowest BCUT2D eigenvalue weighted by atomic mass is 10.1. The van der Waals surface area contributed by atoms with Crippen LogP contribution in [0.25, 0.3) is 0 Å². The summed E-state index contributed by atoms with van der Waals surface area (Å²) in [6, 6.07) is 9.72. The summed E-state index contributed by atoms with van der Waals surface area (Å²) in [5.74, 6) is 0.00352. The van der Waals surface area contributed by atoms with Crippen molar-refractivity contribution in [1.29, 1.82) is 0 Å². The van der Waals surface area contributed by atoms with Gasteiger partial charge in [0.25, 0.3) is 5.91 Å². The Morgan fingerprint density at radius 3 is 2.83 bits per heavy atom. The highest BCUT2D eigenvalue weighted by molar-refractivity contribution is 6.00. The fourth-order valence-electron chi connectivity index (χ4n) is 3.25. The van der Waals surface area contributed by atoms with Crippen molar-refractivity contribution in [2.24, 2.45) is 0 Å². The number of β-amino-alcohol motifs (C(OH)–C–C–N with tert-alkyl or cyclic N) is 1. The lowest BCUT2D eigenvalue weighted by Crippen LogP contribution is -2.35. The number of carbonyl (C=O) groups is 2. The second-order valence-electron chi connectivity index (χ2n) is 7.12. The molecule has 1 fully saturated rings. The molecule has 3 rings (SSSR count). The van der Waals surface area contributed by atoms with E-state index in [4.69, 9.17) is 0 Å². The van der Waals surface area contributed by atoms with E-state index in [1.54, 1.807) is 18.2 Å². The van der Waals surface area contributed by atoms with Gasteiger partial charge in [-0.05, 0) is 42.7 Å². The van der Waals surface area contributed by atoms with Crippen LogP contribution in [0.15, 0.2) is 36.4 Å². The molecule has 4 N–H and O–H groups in total. The summed E-state index contributed by atoms with van der Waals surface area (Å²) in [4.78, 5) is 30.5. The van der Waals surface area contributed by atoms with Crippen molar-refractivity contribution in [3.8, 4) is 0 Å². The van der Waals surface area contributed by atoms with E-state index in [9.17, 15) is 19.1 Å². The molecule has 1 atom stereocenters. The van der Waals surface area contributed by atoms with E-state index < -0.39 is 12.0 Å². The molecule has 0 saturated carbocycles. The van der Waals surface area contributed by atoms with Gasteiger partial charge in [0.1, 0.15) is 17.5 Å². The number of carbonyl (C=O) groups excluding carboxylic acids is 2. The Hall–Kier alpha value is -3.20. The Labute approximate surface area is 174 Å². The van der Waals surface area contributed by atoms with Crippen molar-refractivity contribution < 1.29 is 19.1 Å². The molecular formula is C21H26FN5O3. The molecule has 1 aliphatic heterocycles. The minimum atomic E-state index is -0.424. The summed E-state index contributed by atoms with van der Waals surface area (Å²) in [6.07, 6.45) is 0.816. The molecule has 1 aromatic heterocycles. The molecule has 2 heterocycles. The monoisotopic (exact) mass is 415 g/mol. The molecule has 2 amide bonds. The van der Waals surface area contributed by atoms with Crippen LogP contribution in [0.5, 0.6) is 0 Å². The normalized spacial score (nSPS) is 15.7. The Bertz CT molecular complexity index is 908. The second-order valence-corrected chi connectivity index (χ2v) is 7.12. The molecule has 8 nitrogen and oxygen atoms in total. The van der Waals surface area contributed by atoms with Crippen LogP contribution in [0.3, 0.4) is 0 Å². The smallest absolute Gasteiger partial charge is 0.255 e. The standard InChI is InChI=1S/C21H26FN5O3/c1-23-19(29)12-25-21(30)17-5-6-18(27-10-8-16(28)13-27)26-20(17)24-9-7-14-3-2-4-15(22)11-14/h2-6,11,16,28H,7-10,12-13H2,1H3,(H,23,29)(H,24,26)(H,25,30). The molecule has 1 unspecified atom stereocenters. The number of rotatable bonds is 8. The van der Waals surface area contributed by atoms with Crippen LogP contribution in [-0.2, 0) is 11.2 Å². The number of halogens is 1. The van der Waals surface area contributed by atoms with Gasteiger partial charge in [-0.25, -0.2) is 9.37 Å². The predicted molar refractivity (Wildman–Crippen MR) is 112 cm³/mol. The molecule has 0 aliphatic carbocycles. The van der Waals surface area contributed by atoms with Crippen LogP contribution in [0.2, 0.25) is 0 Å². The van der Waals surface area contributed by atoms with Gasteiger partial charge in [-0.3, -0.25) is 9.59 Å². The number of aliphatic hydroxyl groups is 1. The van der Waals surface area contributed by atoms with E-state index in [0.717, 1.165) is 5.56 Å². The number of aromatic nitrogens is 1. The molecule has 0 radical (unpaired) electrons. The molecule has 1 aliphatic rings. The van der Waals surface area contributed by atoms with Crippen LogP contribution in [0.4, 0.5) is 16.0 Å². The van der Waals surface area contributed by atoms with E-state index in [1.807, 2.05) is 11.0 Å². The number of anilines is 2. The fraction of sp³-hybridized carbons (Fsp3) is 0.381. The van der Waals surface area contributed by atoms with E-state index in [0.29, 0.717) is 49.7 Å². The summed E-state index contributed by atoms with van der Waals surface area (Å²) < 4.78 is 13.4. The molecule has 2 aromatic rings. The van der Waals surface area contributed by atoms with Gasteiger partial charge in [0.2, 0.25) is 5.91 Å². The summed E-state index contributed by atoms with van der Waals surface area (Å²) in [5, 5.41) is 18.0. The number of likely N-dealkylation sites (N-methyl/N-ethyl adjacent to an activating group) is 1. The van der Waals surface area contributed by atoms with E-state index in [2.05, 4.69) is 20.9 Å². The van der Waals surface area contributed by atoms with Crippen LogP contribution in [0, 0.1) is 5.82 Å². The van der Waals surface area contributed by atoms with Crippen molar-refractivity contribution in [2.75, 3.05) is 43.4 Å². The van der Waals surface area contributed by atoms with Crippen molar-refractivity contribution in [2.45, 2.75) is 18.9 Å². The predicted octanol–water partition coefficient (Wildman–Crippen LogP) is 0.922. The average molecular weight is 415 g/mol. The van der Waals surface area contributed by atoms with Gasteiger partial charge in [-0.15, -0.1) is 0 Å². The number of pyridine rings is 1. The lowest BCUT2D eigenvalue weighted by molar-refractivity contribution is -0.119. The van der Waals surface area contributed by atoms with Crippen molar-refractivity contribution in [1.82, 2.24) is 15.6 Å². The van der Waals surface area contributed by atoms with Gasteiger partial charge in [0.15, 0.2) is 0 Å². The SMILES string of the molecule is CNC(=O)CNC(=O)c1ccc(N2CCC(O)C2)nc1NCCc1cccc(F)c1. The minimum Gasteiger partial charge on any atom is -0.391 e. The highest BCUT2D eigenvalue weighted by Crippen LogP contribution is 2.23. The highest BCUT2D eigenvalue weighted by atomic mass is 19.1. The van der Waals surface area contributed by atoms with Gasteiger partial charge in [0, 0.05) is 26.7 Å². The second kappa shape index (κ2) is 10.0. The Kier molecular flexibility index (Phi) is 7.18. The third-order valence-electron chi connectivity index (χ3n) is 4.90. The van der Waals surface area contributed by atoms with Crippen LogP contribution in [-0.4, -0.2) is 61.2 Å². The van der Waals surface area contributed by atoms with Gasteiger partial charge in [0.05, 0.1) is 18.2 Å². The fourth-order valence-corrected chi connectivity index (χ4v) is 3.25. The molecule has 9 heteroatoms. The number of benzene rings is 1. The van der Waals surface area contributed by atoms with Crippen molar-refractivity contribution >= 4 is 23.5 Å². The number of aliphatic hydroxyl groups excluding tert-OH is 1. The molecular weight excluding hydrogens is 389 g/mol. The maximum Gasteiger partial charge on any atom is 0.255 e. The molecule has 0 spiro atoms. The Morgan fingerprint density at radius 2 is 2.13 bits per heavy atom. The van der Waals surface area contributed by atoms with E-state index >= 15 is 0 Å². The van der Waals surface area contributed by atoms with Crippen LogP contribution in [0.1, 0.15) is 22.3 Å². The quantitative estimate of drug-likeness (QED) is 0.511. The first kappa shape index (κ1) is 21.5. The third kappa shape index (κ3) is 5.66. The summed E-state index contributed by atoms with van der Waals surface area (Å²) in [7, 11) is 1.49. The topological polar surface area (TPSA) is 107 Å². The summed E-state index contributed by atoms with van der Waals surface area (Å²) >= 11 is 0. The van der Waals surface area contributed by atoms with E-state index in [-0.39, 0.29) is 18.3 Å². The number of nitrogens with one attached hydrogen (secondary N) is 3. The first-order chi connectivity index (χ1) is 14.5. The molecule has 30 heavy (non-hydrogen) atoms. The van der Waals surface area contributed by atoms with Crippen LogP contribution >= 0.6 is 0 Å². The first-order valence-electron chi connectivity index (χ1n) is 9.87. The molecule has 0 bridgehead atoms. The van der Waals surface area contributed by atoms with E-state index in [1.165, 1.54) is 19.2 Å². The lowest BCUT2D eigenvalue weighted by Gasteiger charge is -2.19. The molecule has 160 valence electrons. The largest absolute Gasteiger partial charge is 0.391 e. The maximum atomic E-state index is 13.4. The zero-order valence-corrected chi connectivity index (χ0v) is 16.8. The van der Waals surface area contributed by atoms with Gasteiger partial charge >= 0.3 is 0 Å². The minimum absolute atomic E-state index is 0.141. The third-order valence-corrected chi connectivity index (χ3v) is 4.90. The van der Waals surface area contributed by atoms with Crippen LogP contribution < -0.4 is 20.9 Å². The van der Waals surface area contributed by atoms with Gasteiger partial charge in [-0.2, -0.15) is 0 Å². The zero-order chi connectivity index (χ0) is 21.5. The molecule has 1 saturated heterocycles. The zero-order valence-electron chi connectivity index (χ0n) is 16.8. The Morgan fingerprint density at radius 1 is 1.30 bits per heavy atom. The van der Waals surface area contributed by atoms with Gasteiger partial charge < -0.3 is 26.0 Å². The van der Waals surface area contributed by atoms with Gasteiger partial charge in [-0.1, -0.05) is 12.1 Å². The molecule has 1 aromatic carbocycles. The summed E-state index contributed by atoms with van der Waals surface area (Å²) in [5.41, 5.74) is 1.13. The number of hydrogen-bond acceptors (Lipinski definition) is 6. The highest BCUT2D eigenvalue weighted by Gasteiger charge is 2.23. The average Bonchev–Trinajstić information content (AvgIpc) is 3.18. The number of amides is 2.